The van der Waals surface area contributed by atoms with Crippen LogP contribution >= 0.6 is 0 Å². The molecule has 40 heavy (non-hydrogen) atoms. The Labute approximate surface area is 245 Å². The van der Waals surface area contributed by atoms with Gasteiger partial charge in [0, 0.05) is 22.0 Å². The lowest BCUT2D eigenvalue weighted by Gasteiger charge is -2.27. The van der Waals surface area contributed by atoms with Gasteiger partial charge in [-0.25, -0.2) is 0 Å². The lowest BCUT2D eigenvalue weighted by Crippen LogP contribution is -2.16. The van der Waals surface area contributed by atoms with Gasteiger partial charge in [0.25, 0.3) is 0 Å². The summed E-state index contributed by atoms with van der Waals surface area (Å²) in [5.41, 5.74) is 9.77. The summed E-state index contributed by atoms with van der Waals surface area (Å²) in [6, 6.07) is 0. The van der Waals surface area contributed by atoms with Crippen LogP contribution in [0.2, 0.25) is 0 Å². The summed E-state index contributed by atoms with van der Waals surface area (Å²) in [6.45, 7) is 21.7. The number of rotatable bonds is 6. The number of hydrogen-bond acceptors (Lipinski definition) is 0. The second-order valence-electron chi connectivity index (χ2n) is 12.2. The van der Waals surface area contributed by atoms with Gasteiger partial charge in [0.1, 0.15) is 0 Å². The molecule has 0 aliphatic heterocycles. The van der Waals surface area contributed by atoms with Crippen LogP contribution in [0.4, 0.5) is 0 Å². The van der Waals surface area contributed by atoms with E-state index < -0.39 is 0 Å². The third-order valence-electron chi connectivity index (χ3n) is 7.14. The Morgan fingerprint density at radius 3 is 1.32 bits per heavy atom. The van der Waals surface area contributed by atoms with Crippen molar-refractivity contribution in [3.05, 3.63) is 130 Å². The molecule has 0 aromatic rings. The Bertz CT molecular complexity index is 1300. The molecule has 2 rings (SSSR count). The first-order chi connectivity index (χ1) is 18.8. The van der Waals surface area contributed by atoms with Gasteiger partial charge < -0.3 is 0 Å². The van der Waals surface area contributed by atoms with E-state index in [2.05, 4.69) is 178 Å². The molecule has 0 radical (unpaired) electrons. The van der Waals surface area contributed by atoms with Crippen LogP contribution < -0.4 is 0 Å². The van der Waals surface area contributed by atoms with Crippen molar-refractivity contribution in [1.82, 2.24) is 0 Å². The Morgan fingerprint density at radius 2 is 0.975 bits per heavy atom. The van der Waals surface area contributed by atoms with Crippen molar-refractivity contribution in [1.29, 1.82) is 0 Å². The van der Waals surface area contributed by atoms with Crippen LogP contribution in [-0.4, -0.2) is 0 Å². The average Bonchev–Trinajstić information content (AvgIpc) is 2.85. The highest BCUT2D eigenvalue weighted by atomic mass is 14.3. The quantitative estimate of drug-likeness (QED) is 0.237. The van der Waals surface area contributed by atoms with E-state index in [4.69, 9.17) is 0 Å². The minimum absolute atomic E-state index is 0.113. The van der Waals surface area contributed by atoms with Gasteiger partial charge in [0.05, 0.1) is 0 Å². The Hall–Kier alpha value is -3.74. The summed E-state index contributed by atoms with van der Waals surface area (Å²) in [6.07, 6.45) is 31.8. The SMILES string of the molecule is CC1=C(C#C/C(C)=C/C=C/C(C)=C/C=C/C=C(C)/C=C/C=C(\C)C#CC2=C(C)C=CCC2(C)C)C(C)(C)CC=C1. The molecule has 0 nitrogen and oxygen atoms in total. The van der Waals surface area contributed by atoms with Crippen molar-refractivity contribution in [3.63, 3.8) is 0 Å². The van der Waals surface area contributed by atoms with E-state index in [-0.39, 0.29) is 10.8 Å². The van der Waals surface area contributed by atoms with E-state index in [0.717, 1.165) is 24.0 Å². The van der Waals surface area contributed by atoms with Gasteiger partial charge in [-0.15, -0.1) is 0 Å². The second-order valence-corrected chi connectivity index (χ2v) is 12.2. The number of allylic oxidation sites excluding steroid dienone is 22. The molecule has 2 aliphatic carbocycles. The molecule has 2 aliphatic rings. The second kappa shape index (κ2) is 15.2. The zero-order valence-electron chi connectivity index (χ0n) is 26.5. The van der Waals surface area contributed by atoms with Crippen molar-refractivity contribution in [2.24, 2.45) is 10.8 Å². The van der Waals surface area contributed by atoms with Crippen molar-refractivity contribution >= 4 is 0 Å². The van der Waals surface area contributed by atoms with Crippen LogP contribution in [0.15, 0.2) is 130 Å². The first kappa shape index (κ1) is 32.5. The first-order valence-corrected chi connectivity index (χ1v) is 14.3. The van der Waals surface area contributed by atoms with Crippen LogP contribution in [-0.2, 0) is 0 Å². The van der Waals surface area contributed by atoms with Crippen LogP contribution in [0.3, 0.4) is 0 Å². The normalized spacial score (nSPS) is 19.9. The highest BCUT2D eigenvalue weighted by Gasteiger charge is 2.25. The fourth-order valence-electron chi connectivity index (χ4n) is 4.65. The third kappa shape index (κ3) is 10.8. The summed E-state index contributed by atoms with van der Waals surface area (Å²) >= 11 is 0. The van der Waals surface area contributed by atoms with Gasteiger partial charge in [0.15, 0.2) is 0 Å². The van der Waals surface area contributed by atoms with Gasteiger partial charge in [-0.3, -0.25) is 0 Å². The molecule has 0 aromatic heterocycles. The van der Waals surface area contributed by atoms with E-state index in [1.165, 1.54) is 33.4 Å². The van der Waals surface area contributed by atoms with Crippen molar-refractivity contribution in [2.45, 2.75) is 82.1 Å². The highest BCUT2D eigenvalue weighted by molar-refractivity contribution is 5.49. The summed E-state index contributed by atoms with van der Waals surface area (Å²) < 4.78 is 0. The molecule has 0 spiro atoms. The zero-order valence-corrected chi connectivity index (χ0v) is 26.5. The van der Waals surface area contributed by atoms with E-state index in [0.29, 0.717) is 0 Å². The average molecular weight is 529 g/mol. The van der Waals surface area contributed by atoms with Crippen molar-refractivity contribution in [2.75, 3.05) is 0 Å². The molecule has 0 atom stereocenters. The van der Waals surface area contributed by atoms with Crippen molar-refractivity contribution < 1.29 is 0 Å². The molecular formula is C40H48. The molecule has 0 bridgehead atoms. The van der Waals surface area contributed by atoms with Crippen LogP contribution in [0.1, 0.15) is 82.1 Å². The maximum absolute atomic E-state index is 3.42. The van der Waals surface area contributed by atoms with Gasteiger partial charge in [-0.1, -0.05) is 148 Å². The van der Waals surface area contributed by atoms with Crippen LogP contribution in [0.5, 0.6) is 0 Å². The molecule has 0 heteroatoms. The van der Waals surface area contributed by atoms with Gasteiger partial charge >= 0.3 is 0 Å². The number of hydrogen-bond donors (Lipinski definition) is 0. The van der Waals surface area contributed by atoms with E-state index in [1.807, 2.05) is 0 Å². The largest absolute Gasteiger partial charge is 0.0834 e. The highest BCUT2D eigenvalue weighted by Crippen LogP contribution is 2.37. The standard InChI is InChI=1S/C40H48/c1-31(19-13-21-33(3)25-27-37-35(5)23-15-29-39(37,7)8)17-11-12-18-32(2)20-14-22-34(4)26-28-38-36(6)24-16-30-40(38,9)10/h11-24H,29-30H2,1-10H3/b12-11+,19-13+,20-14+,31-17+,32-18+,33-21+,34-22+. The lowest BCUT2D eigenvalue weighted by atomic mass is 9.76. The Kier molecular flexibility index (Phi) is 12.3. The summed E-state index contributed by atoms with van der Waals surface area (Å²) in [7, 11) is 0. The summed E-state index contributed by atoms with van der Waals surface area (Å²) in [4.78, 5) is 0. The fourth-order valence-corrected chi connectivity index (χ4v) is 4.65. The van der Waals surface area contributed by atoms with Crippen molar-refractivity contribution in [3.8, 4) is 23.7 Å². The molecule has 0 saturated carbocycles. The monoisotopic (exact) mass is 528 g/mol. The molecule has 0 saturated heterocycles. The van der Waals surface area contributed by atoms with Gasteiger partial charge in [0.2, 0.25) is 0 Å². The minimum atomic E-state index is 0.113. The minimum Gasteiger partial charge on any atom is -0.0834 e. The fraction of sp³-hybridized carbons (Fsp3) is 0.350. The molecule has 0 amide bonds. The Morgan fingerprint density at radius 1 is 0.600 bits per heavy atom. The zero-order chi connectivity index (χ0) is 29.8. The topological polar surface area (TPSA) is 0 Å². The van der Waals surface area contributed by atoms with Gasteiger partial charge in [-0.05, 0) is 76.7 Å². The molecule has 0 N–H and O–H groups in total. The molecule has 0 heterocycles. The maximum Gasteiger partial charge on any atom is 0.0112 e. The lowest BCUT2D eigenvalue weighted by molar-refractivity contribution is 0.459. The van der Waals surface area contributed by atoms with Crippen LogP contribution in [0.25, 0.3) is 0 Å². The van der Waals surface area contributed by atoms with E-state index in [9.17, 15) is 0 Å². The van der Waals surface area contributed by atoms with E-state index >= 15 is 0 Å². The molecule has 0 fully saturated rings. The van der Waals surface area contributed by atoms with E-state index in [1.54, 1.807) is 0 Å². The Balaban J connectivity index is 1.93. The smallest absolute Gasteiger partial charge is 0.0112 e. The first-order valence-electron chi connectivity index (χ1n) is 14.3. The third-order valence-corrected chi connectivity index (χ3v) is 7.14. The van der Waals surface area contributed by atoms with Crippen LogP contribution in [0, 0.1) is 34.5 Å². The predicted molar refractivity (Wildman–Crippen MR) is 178 cm³/mol. The molecule has 0 unspecified atom stereocenters. The summed E-state index contributed by atoms with van der Waals surface area (Å²) in [5.74, 6) is 13.5. The predicted octanol–water partition coefficient (Wildman–Crippen LogP) is 11.1. The maximum atomic E-state index is 3.42. The van der Waals surface area contributed by atoms with Gasteiger partial charge in [-0.2, -0.15) is 0 Å². The molecule has 0 aromatic carbocycles. The summed E-state index contributed by atoms with van der Waals surface area (Å²) in [5, 5.41) is 0. The molecular weight excluding hydrogens is 480 g/mol. The molecule has 208 valence electrons.